The molecule has 0 spiro atoms. The molecule has 3 nitrogen and oxygen atoms in total. The van der Waals surface area contributed by atoms with E-state index in [2.05, 4.69) is 17.4 Å². The summed E-state index contributed by atoms with van der Waals surface area (Å²) in [6, 6.07) is 11.6. The lowest BCUT2D eigenvalue weighted by Crippen LogP contribution is -2.13. The number of anilines is 1. The molecular formula is C13H12ClNO2S2. The van der Waals surface area contributed by atoms with Gasteiger partial charge in [-0.05, 0) is 31.2 Å². The molecule has 19 heavy (non-hydrogen) atoms. The summed E-state index contributed by atoms with van der Waals surface area (Å²) in [4.78, 5) is 0.661. The van der Waals surface area contributed by atoms with Gasteiger partial charge in [-0.25, -0.2) is 8.42 Å². The van der Waals surface area contributed by atoms with Crippen molar-refractivity contribution in [1.29, 1.82) is 0 Å². The summed E-state index contributed by atoms with van der Waals surface area (Å²) in [6.45, 7) is 1.89. The molecule has 0 aliphatic heterocycles. The predicted octanol–water partition coefficient (Wildman–Crippen LogP) is 3.74. The first-order valence-electron chi connectivity index (χ1n) is 5.47. The van der Waals surface area contributed by atoms with Crippen molar-refractivity contribution in [3.8, 4) is 0 Å². The van der Waals surface area contributed by atoms with Crippen LogP contribution in [-0.4, -0.2) is 8.42 Å². The van der Waals surface area contributed by atoms with Gasteiger partial charge in [-0.1, -0.05) is 35.4 Å². The van der Waals surface area contributed by atoms with Crippen LogP contribution < -0.4 is 4.72 Å². The van der Waals surface area contributed by atoms with Crippen LogP contribution in [0.4, 0.5) is 5.69 Å². The van der Waals surface area contributed by atoms with E-state index in [0.717, 1.165) is 5.56 Å². The summed E-state index contributed by atoms with van der Waals surface area (Å²) in [6.07, 6.45) is 0. The molecule has 0 aromatic heterocycles. The van der Waals surface area contributed by atoms with E-state index in [1.54, 1.807) is 42.5 Å². The molecule has 2 aromatic carbocycles. The summed E-state index contributed by atoms with van der Waals surface area (Å²) in [5.74, 6) is 0. The van der Waals surface area contributed by atoms with E-state index < -0.39 is 10.0 Å². The van der Waals surface area contributed by atoms with Gasteiger partial charge in [0.05, 0.1) is 15.6 Å². The van der Waals surface area contributed by atoms with E-state index in [9.17, 15) is 8.42 Å². The fourth-order valence-electron chi connectivity index (χ4n) is 1.52. The number of hydrogen-bond donors (Lipinski definition) is 2. The Balaban J connectivity index is 2.39. The van der Waals surface area contributed by atoms with E-state index in [1.807, 2.05) is 6.92 Å². The van der Waals surface area contributed by atoms with Crippen molar-refractivity contribution in [2.45, 2.75) is 16.7 Å². The number of benzene rings is 2. The monoisotopic (exact) mass is 313 g/mol. The first-order valence-corrected chi connectivity index (χ1v) is 7.78. The number of rotatable bonds is 3. The normalized spacial score (nSPS) is 11.3. The average molecular weight is 314 g/mol. The van der Waals surface area contributed by atoms with Crippen LogP contribution >= 0.6 is 24.2 Å². The minimum absolute atomic E-state index is 0.186. The van der Waals surface area contributed by atoms with Crippen LogP contribution in [0.1, 0.15) is 5.56 Å². The van der Waals surface area contributed by atoms with Crippen molar-refractivity contribution in [2.75, 3.05) is 4.72 Å². The van der Waals surface area contributed by atoms with Crippen LogP contribution in [0, 0.1) is 6.92 Å². The van der Waals surface area contributed by atoms with E-state index in [1.165, 1.54) is 0 Å². The van der Waals surface area contributed by atoms with Crippen molar-refractivity contribution < 1.29 is 8.42 Å². The Labute approximate surface area is 123 Å². The van der Waals surface area contributed by atoms with Crippen LogP contribution in [0.3, 0.4) is 0 Å². The zero-order chi connectivity index (χ0) is 14.0. The lowest BCUT2D eigenvalue weighted by Gasteiger charge is -2.11. The van der Waals surface area contributed by atoms with Crippen molar-refractivity contribution in [3.05, 3.63) is 53.1 Å². The van der Waals surface area contributed by atoms with Crippen LogP contribution in [0.5, 0.6) is 0 Å². The Bertz CT molecular complexity index is 677. The molecular weight excluding hydrogens is 302 g/mol. The third-order valence-corrected chi connectivity index (χ3v) is 4.61. The smallest absolute Gasteiger partial charge is 0.261 e. The van der Waals surface area contributed by atoms with Gasteiger partial charge >= 0.3 is 0 Å². The van der Waals surface area contributed by atoms with E-state index in [-0.39, 0.29) is 10.6 Å². The highest BCUT2D eigenvalue weighted by molar-refractivity contribution is 7.92. The van der Waals surface area contributed by atoms with Gasteiger partial charge < -0.3 is 0 Å². The second-order valence-corrected chi connectivity index (χ2v) is 6.62. The Morgan fingerprint density at radius 1 is 1.11 bits per heavy atom. The average Bonchev–Trinajstić information content (AvgIpc) is 2.35. The van der Waals surface area contributed by atoms with Gasteiger partial charge in [-0.15, -0.1) is 12.6 Å². The predicted molar refractivity (Wildman–Crippen MR) is 80.7 cm³/mol. The molecule has 1 N–H and O–H groups in total. The van der Waals surface area contributed by atoms with Crippen LogP contribution in [0.25, 0.3) is 0 Å². The zero-order valence-corrected chi connectivity index (χ0v) is 12.6. The molecule has 0 aliphatic carbocycles. The molecule has 100 valence electrons. The Hall–Kier alpha value is -1.17. The van der Waals surface area contributed by atoms with Gasteiger partial charge in [0.2, 0.25) is 0 Å². The zero-order valence-electron chi connectivity index (χ0n) is 10.1. The second kappa shape index (κ2) is 5.45. The van der Waals surface area contributed by atoms with Crippen molar-refractivity contribution in [3.63, 3.8) is 0 Å². The number of hydrogen-bond acceptors (Lipinski definition) is 3. The van der Waals surface area contributed by atoms with Crippen molar-refractivity contribution in [1.82, 2.24) is 0 Å². The molecule has 2 aromatic rings. The van der Waals surface area contributed by atoms with Gasteiger partial charge in [0.1, 0.15) is 0 Å². The van der Waals surface area contributed by atoms with Gasteiger partial charge in [-0.2, -0.15) is 0 Å². The van der Waals surface area contributed by atoms with E-state index in [0.29, 0.717) is 9.92 Å². The first-order chi connectivity index (χ1) is 8.90. The van der Waals surface area contributed by atoms with Crippen molar-refractivity contribution in [2.24, 2.45) is 0 Å². The molecule has 0 atom stereocenters. The molecule has 0 saturated carbocycles. The first kappa shape index (κ1) is 14.2. The second-order valence-electron chi connectivity index (χ2n) is 4.05. The highest BCUT2D eigenvalue weighted by atomic mass is 35.5. The summed E-state index contributed by atoms with van der Waals surface area (Å²) >= 11 is 10.2. The third-order valence-electron chi connectivity index (χ3n) is 2.56. The molecule has 2 rings (SSSR count). The lowest BCUT2D eigenvalue weighted by molar-refractivity contribution is 0.601. The molecule has 0 radical (unpaired) electrons. The topological polar surface area (TPSA) is 46.2 Å². The number of halogens is 1. The lowest BCUT2D eigenvalue weighted by atomic mass is 10.2. The van der Waals surface area contributed by atoms with Gasteiger partial charge in [0.25, 0.3) is 10.0 Å². The Kier molecular flexibility index (Phi) is 4.08. The Morgan fingerprint density at radius 2 is 1.74 bits per heavy atom. The molecule has 0 heterocycles. The minimum Gasteiger partial charge on any atom is -0.277 e. The number of sulfonamides is 1. The van der Waals surface area contributed by atoms with E-state index >= 15 is 0 Å². The standard InChI is InChI=1S/C13H12ClNO2S2/c1-9-5-7-10(8-6-9)19(16,17)15-13-11(14)3-2-4-12(13)18/h2-8,15,18H,1H3. The number of thiol groups is 1. The molecule has 0 saturated heterocycles. The van der Waals surface area contributed by atoms with Crippen LogP contribution in [0.2, 0.25) is 5.02 Å². The number of nitrogens with one attached hydrogen (secondary N) is 1. The summed E-state index contributed by atoms with van der Waals surface area (Å²) < 4.78 is 26.9. The van der Waals surface area contributed by atoms with Crippen LogP contribution in [0.15, 0.2) is 52.3 Å². The molecule has 0 fully saturated rings. The summed E-state index contributed by atoms with van der Waals surface area (Å²) in [5, 5.41) is 0.309. The maximum absolute atomic E-state index is 12.2. The molecule has 0 bridgehead atoms. The van der Waals surface area contributed by atoms with Gasteiger partial charge in [0.15, 0.2) is 0 Å². The Morgan fingerprint density at radius 3 is 2.32 bits per heavy atom. The fourth-order valence-corrected chi connectivity index (χ4v) is 3.31. The number of para-hydroxylation sites is 1. The highest BCUT2D eigenvalue weighted by Gasteiger charge is 2.16. The summed E-state index contributed by atoms with van der Waals surface area (Å²) in [7, 11) is -3.66. The number of aryl methyl sites for hydroxylation is 1. The maximum Gasteiger partial charge on any atom is 0.261 e. The largest absolute Gasteiger partial charge is 0.277 e. The summed E-state index contributed by atoms with van der Waals surface area (Å²) in [5.41, 5.74) is 1.28. The van der Waals surface area contributed by atoms with Gasteiger partial charge in [-0.3, -0.25) is 4.72 Å². The molecule has 0 amide bonds. The molecule has 0 aliphatic rings. The van der Waals surface area contributed by atoms with Crippen molar-refractivity contribution >= 4 is 39.9 Å². The third kappa shape index (κ3) is 3.23. The quantitative estimate of drug-likeness (QED) is 0.848. The fraction of sp³-hybridized carbons (Fsp3) is 0.0769. The van der Waals surface area contributed by atoms with Gasteiger partial charge in [0, 0.05) is 4.90 Å². The van der Waals surface area contributed by atoms with Crippen LogP contribution in [-0.2, 0) is 10.0 Å². The highest BCUT2D eigenvalue weighted by Crippen LogP contribution is 2.30. The minimum atomic E-state index is -3.66. The van der Waals surface area contributed by atoms with E-state index in [4.69, 9.17) is 11.6 Å². The SMILES string of the molecule is Cc1ccc(S(=O)(=O)Nc2c(S)cccc2Cl)cc1. The molecule has 0 unspecified atom stereocenters. The molecule has 6 heteroatoms. The maximum atomic E-state index is 12.2.